The summed E-state index contributed by atoms with van der Waals surface area (Å²) in [6, 6.07) is 0. The standard InChI is InChI=1S/C12H22/c1-6-8-10(3)9-12(5)11(4)7-2/h1,10-12H,7-9H2,2-5H3. The topological polar surface area (TPSA) is 0 Å². The lowest BCUT2D eigenvalue weighted by molar-refractivity contribution is 0.309. The van der Waals surface area contributed by atoms with E-state index in [1.54, 1.807) is 0 Å². The average Bonchev–Trinajstić information content (AvgIpc) is 2.03. The van der Waals surface area contributed by atoms with Gasteiger partial charge in [-0.05, 0) is 24.2 Å². The van der Waals surface area contributed by atoms with Gasteiger partial charge in [0.25, 0.3) is 0 Å². The third-order valence-electron chi connectivity index (χ3n) is 2.86. The zero-order valence-electron chi connectivity index (χ0n) is 8.93. The van der Waals surface area contributed by atoms with E-state index in [0.717, 1.165) is 18.3 Å². The first-order valence-corrected chi connectivity index (χ1v) is 5.05. The van der Waals surface area contributed by atoms with Gasteiger partial charge >= 0.3 is 0 Å². The van der Waals surface area contributed by atoms with Crippen molar-refractivity contribution in [2.75, 3.05) is 0 Å². The molecule has 0 amide bonds. The zero-order chi connectivity index (χ0) is 9.56. The summed E-state index contributed by atoms with van der Waals surface area (Å²) in [6.07, 6.45) is 8.75. The Labute approximate surface area is 77.8 Å². The Balaban J connectivity index is 3.68. The summed E-state index contributed by atoms with van der Waals surface area (Å²) >= 11 is 0. The van der Waals surface area contributed by atoms with E-state index < -0.39 is 0 Å². The smallest absolute Gasteiger partial charge is 0.0112 e. The number of rotatable bonds is 5. The molecule has 0 saturated heterocycles. The highest BCUT2D eigenvalue weighted by atomic mass is 14.2. The van der Waals surface area contributed by atoms with Crippen LogP contribution in [0.1, 0.15) is 47.0 Å². The summed E-state index contributed by atoms with van der Waals surface area (Å²) in [6.45, 7) is 9.17. The summed E-state index contributed by atoms with van der Waals surface area (Å²) in [5.74, 6) is 5.08. The maximum atomic E-state index is 5.26. The molecule has 0 radical (unpaired) electrons. The molecule has 0 aliphatic carbocycles. The molecule has 0 fully saturated rings. The van der Waals surface area contributed by atoms with E-state index in [1.165, 1.54) is 12.8 Å². The van der Waals surface area contributed by atoms with Gasteiger partial charge < -0.3 is 0 Å². The summed E-state index contributed by atoms with van der Waals surface area (Å²) in [5.41, 5.74) is 0. The van der Waals surface area contributed by atoms with Crippen LogP contribution in [0.15, 0.2) is 0 Å². The number of hydrogen-bond donors (Lipinski definition) is 0. The van der Waals surface area contributed by atoms with Crippen LogP contribution in [-0.4, -0.2) is 0 Å². The van der Waals surface area contributed by atoms with E-state index in [-0.39, 0.29) is 0 Å². The molecule has 0 nitrogen and oxygen atoms in total. The van der Waals surface area contributed by atoms with E-state index >= 15 is 0 Å². The van der Waals surface area contributed by atoms with Crippen LogP contribution in [-0.2, 0) is 0 Å². The summed E-state index contributed by atoms with van der Waals surface area (Å²) < 4.78 is 0. The number of hydrogen-bond acceptors (Lipinski definition) is 0. The van der Waals surface area contributed by atoms with Crippen LogP contribution in [0.5, 0.6) is 0 Å². The molecule has 12 heavy (non-hydrogen) atoms. The minimum Gasteiger partial charge on any atom is -0.120 e. The summed E-state index contributed by atoms with van der Waals surface area (Å²) in [5, 5.41) is 0. The van der Waals surface area contributed by atoms with E-state index in [2.05, 4.69) is 33.6 Å². The molecule has 0 aromatic rings. The van der Waals surface area contributed by atoms with Crippen LogP contribution >= 0.6 is 0 Å². The molecule has 0 aliphatic heterocycles. The molecule has 0 heteroatoms. The molecule has 0 saturated carbocycles. The van der Waals surface area contributed by atoms with Crippen molar-refractivity contribution in [2.24, 2.45) is 17.8 Å². The van der Waals surface area contributed by atoms with Crippen molar-refractivity contribution in [1.29, 1.82) is 0 Å². The minimum absolute atomic E-state index is 0.694. The first-order valence-electron chi connectivity index (χ1n) is 5.05. The Hall–Kier alpha value is -0.440. The van der Waals surface area contributed by atoms with Gasteiger partial charge in [-0.1, -0.05) is 34.1 Å². The van der Waals surface area contributed by atoms with E-state index in [4.69, 9.17) is 6.42 Å². The zero-order valence-corrected chi connectivity index (χ0v) is 8.93. The fourth-order valence-electron chi connectivity index (χ4n) is 1.55. The third-order valence-corrected chi connectivity index (χ3v) is 2.86. The normalized spacial score (nSPS) is 17.9. The van der Waals surface area contributed by atoms with Crippen molar-refractivity contribution in [3.63, 3.8) is 0 Å². The average molecular weight is 166 g/mol. The molecular formula is C12H22. The Morgan fingerprint density at radius 1 is 1.17 bits per heavy atom. The van der Waals surface area contributed by atoms with Gasteiger partial charge in [0.2, 0.25) is 0 Å². The fourth-order valence-corrected chi connectivity index (χ4v) is 1.55. The van der Waals surface area contributed by atoms with Crippen LogP contribution in [0.25, 0.3) is 0 Å². The van der Waals surface area contributed by atoms with E-state index in [0.29, 0.717) is 5.92 Å². The second kappa shape index (κ2) is 6.12. The molecule has 0 bridgehead atoms. The molecular weight excluding hydrogens is 144 g/mol. The summed E-state index contributed by atoms with van der Waals surface area (Å²) in [7, 11) is 0. The highest BCUT2D eigenvalue weighted by Crippen LogP contribution is 2.23. The van der Waals surface area contributed by atoms with Gasteiger partial charge in [-0.15, -0.1) is 12.3 Å². The van der Waals surface area contributed by atoms with Crippen molar-refractivity contribution in [2.45, 2.75) is 47.0 Å². The maximum absolute atomic E-state index is 5.26. The molecule has 3 unspecified atom stereocenters. The van der Waals surface area contributed by atoms with Gasteiger partial charge in [0.1, 0.15) is 0 Å². The number of terminal acetylenes is 1. The molecule has 0 aromatic heterocycles. The quantitative estimate of drug-likeness (QED) is 0.546. The van der Waals surface area contributed by atoms with Crippen molar-refractivity contribution in [3.8, 4) is 12.3 Å². The highest BCUT2D eigenvalue weighted by molar-refractivity contribution is 4.86. The van der Waals surface area contributed by atoms with Crippen molar-refractivity contribution in [3.05, 3.63) is 0 Å². The van der Waals surface area contributed by atoms with E-state index in [9.17, 15) is 0 Å². The first-order chi connectivity index (χ1) is 5.61. The maximum Gasteiger partial charge on any atom is 0.0112 e. The lowest BCUT2D eigenvalue weighted by Gasteiger charge is -2.20. The van der Waals surface area contributed by atoms with Crippen LogP contribution in [0.4, 0.5) is 0 Å². The monoisotopic (exact) mass is 166 g/mol. The first kappa shape index (κ1) is 11.6. The van der Waals surface area contributed by atoms with Gasteiger partial charge in [-0.25, -0.2) is 0 Å². The predicted molar refractivity (Wildman–Crippen MR) is 55.9 cm³/mol. The van der Waals surface area contributed by atoms with Gasteiger partial charge in [0.05, 0.1) is 0 Å². The van der Waals surface area contributed by atoms with Crippen LogP contribution in [0, 0.1) is 30.1 Å². The molecule has 3 atom stereocenters. The van der Waals surface area contributed by atoms with Gasteiger partial charge in [-0.3, -0.25) is 0 Å². The van der Waals surface area contributed by atoms with Gasteiger partial charge in [0.15, 0.2) is 0 Å². The lowest BCUT2D eigenvalue weighted by atomic mass is 9.85. The Kier molecular flexibility index (Phi) is 5.89. The molecule has 70 valence electrons. The van der Waals surface area contributed by atoms with Crippen LogP contribution < -0.4 is 0 Å². The van der Waals surface area contributed by atoms with Crippen LogP contribution in [0.3, 0.4) is 0 Å². The second-order valence-electron chi connectivity index (χ2n) is 4.11. The largest absolute Gasteiger partial charge is 0.120 e. The minimum atomic E-state index is 0.694. The summed E-state index contributed by atoms with van der Waals surface area (Å²) in [4.78, 5) is 0. The van der Waals surface area contributed by atoms with Gasteiger partial charge in [0, 0.05) is 6.42 Å². The van der Waals surface area contributed by atoms with Crippen molar-refractivity contribution in [1.82, 2.24) is 0 Å². The Bertz CT molecular complexity index is 141. The van der Waals surface area contributed by atoms with Crippen molar-refractivity contribution >= 4 is 0 Å². The molecule has 0 aliphatic rings. The highest BCUT2D eigenvalue weighted by Gasteiger charge is 2.12. The predicted octanol–water partition coefficient (Wildman–Crippen LogP) is 3.72. The van der Waals surface area contributed by atoms with Crippen LogP contribution in [0.2, 0.25) is 0 Å². The molecule has 0 rings (SSSR count). The van der Waals surface area contributed by atoms with Crippen molar-refractivity contribution < 1.29 is 0 Å². The Morgan fingerprint density at radius 2 is 1.75 bits per heavy atom. The molecule has 0 N–H and O–H groups in total. The fraction of sp³-hybridized carbons (Fsp3) is 0.833. The second-order valence-corrected chi connectivity index (χ2v) is 4.11. The van der Waals surface area contributed by atoms with Gasteiger partial charge in [-0.2, -0.15) is 0 Å². The third kappa shape index (κ3) is 4.44. The molecule has 0 heterocycles. The molecule has 0 spiro atoms. The lowest BCUT2D eigenvalue weighted by Crippen LogP contribution is -2.10. The Morgan fingerprint density at radius 3 is 2.17 bits per heavy atom. The SMILES string of the molecule is C#CCC(C)CC(C)C(C)CC. The molecule has 0 aromatic carbocycles. The van der Waals surface area contributed by atoms with E-state index in [1.807, 2.05) is 0 Å².